The van der Waals surface area contributed by atoms with Gasteiger partial charge in [0, 0.05) is 0 Å². The van der Waals surface area contributed by atoms with Gasteiger partial charge in [-0.2, -0.15) is 0 Å². The third-order valence-electron chi connectivity index (χ3n) is 2.92. The fraction of sp³-hybridized carbons (Fsp3) is 0.0526. The summed E-state index contributed by atoms with van der Waals surface area (Å²) in [5, 5.41) is 0. The van der Waals surface area contributed by atoms with Crippen molar-refractivity contribution in [1.82, 2.24) is 0 Å². The first-order valence-corrected chi connectivity index (χ1v) is 7.30. The van der Waals surface area contributed by atoms with Gasteiger partial charge in [0.05, 0.1) is 58.2 Å². The van der Waals surface area contributed by atoms with Crippen LogP contribution in [0.5, 0.6) is 0 Å². The van der Waals surface area contributed by atoms with Gasteiger partial charge in [-0.25, -0.2) is 26.3 Å². The van der Waals surface area contributed by atoms with Crippen LogP contribution in [0.2, 0.25) is 0 Å². The van der Waals surface area contributed by atoms with E-state index >= 15 is 0 Å². The van der Waals surface area contributed by atoms with Crippen LogP contribution in [0.1, 0.15) is 5.56 Å². The van der Waals surface area contributed by atoms with Crippen molar-refractivity contribution in [1.29, 1.82) is 0 Å². The van der Waals surface area contributed by atoms with Crippen LogP contribution < -0.4 is 0 Å². The van der Waals surface area contributed by atoms with Crippen molar-refractivity contribution in [2.45, 2.75) is 6.92 Å². The summed E-state index contributed by atoms with van der Waals surface area (Å²) in [6.07, 6.45) is 0. The van der Waals surface area contributed by atoms with E-state index in [1.165, 1.54) is 5.56 Å². The summed E-state index contributed by atoms with van der Waals surface area (Å²) in [4.78, 5) is 0. The van der Waals surface area contributed by atoms with E-state index in [4.69, 9.17) is 0 Å². The molecule has 0 N–H and O–H groups in total. The minimum atomic E-state index is -2.17. The van der Waals surface area contributed by atoms with Gasteiger partial charge in [0.2, 0.25) is 0 Å². The Morgan fingerprint density at radius 3 is 0.933 bits per heavy atom. The summed E-state index contributed by atoms with van der Waals surface area (Å²) in [6.45, 7) is 2.08. The van der Waals surface area contributed by atoms with Gasteiger partial charge >= 0.3 is 16.5 Å². The van der Waals surface area contributed by atoms with Gasteiger partial charge in [-0.1, -0.05) is 35.9 Å². The Balaban J connectivity index is 0.000000424. The third kappa shape index (κ3) is 7.37. The van der Waals surface area contributed by atoms with Crippen LogP contribution >= 0.6 is 0 Å². The SMILES string of the molecule is Cc1ccccc1.Fc1[c-]c(F)c(F)c(F)c1F.Fc1[c-]c(F)c(F)c(F)c1F.[Ni+2]. The van der Waals surface area contributed by atoms with Crippen LogP contribution in [0.15, 0.2) is 30.3 Å². The number of rotatable bonds is 0. The van der Waals surface area contributed by atoms with Crippen molar-refractivity contribution < 1.29 is 60.4 Å². The molecule has 30 heavy (non-hydrogen) atoms. The van der Waals surface area contributed by atoms with Crippen molar-refractivity contribution in [3.05, 3.63) is 106 Å². The van der Waals surface area contributed by atoms with Gasteiger partial charge in [0.15, 0.2) is 0 Å². The summed E-state index contributed by atoms with van der Waals surface area (Å²) >= 11 is 0. The molecule has 0 bridgehead atoms. The molecular formula is C19H8F10Ni. The Labute approximate surface area is 174 Å². The van der Waals surface area contributed by atoms with Crippen molar-refractivity contribution >= 4 is 0 Å². The molecule has 164 valence electrons. The molecule has 3 aromatic carbocycles. The molecule has 0 nitrogen and oxygen atoms in total. The second kappa shape index (κ2) is 12.2. The second-order valence-corrected chi connectivity index (χ2v) is 5.04. The third-order valence-corrected chi connectivity index (χ3v) is 2.92. The summed E-state index contributed by atoms with van der Waals surface area (Å²) in [5.74, 6) is -20.1. The molecule has 0 aliphatic carbocycles. The van der Waals surface area contributed by atoms with E-state index in [-0.39, 0.29) is 16.5 Å². The molecule has 0 aliphatic heterocycles. The number of hydrogen-bond acceptors (Lipinski definition) is 0. The molecular weight excluding hydrogens is 477 g/mol. The van der Waals surface area contributed by atoms with Crippen LogP contribution in [-0.2, 0) is 16.5 Å². The number of benzene rings is 3. The predicted molar refractivity (Wildman–Crippen MR) is 81.3 cm³/mol. The maximum Gasteiger partial charge on any atom is 2.00 e. The zero-order valence-electron chi connectivity index (χ0n) is 14.5. The zero-order valence-corrected chi connectivity index (χ0v) is 15.5. The maximum atomic E-state index is 12.0. The average Bonchev–Trinajstić information content (AvgIpc) is 2.69. The zero-order chi connectivity index (χ0) is 22.3. The molecule has 0 amide bonds. The Morgan fingerprint density at radius 1 is 0.467 bits per heavy atom. The molecule has 0 unspecified atom stereocenters. The number of halogens is 10. The normalized spacial score (nSPS) is 9.57. The Kier molecular flexibility index (Phi) is 11.2. The van der Waals surface area contributed by atoms with E-state index in [1.807, 2.05) is 18.2 Å². The molecule has 0 radical (unpaired) electrons. The summed E-state index contributed by atoms with van der Waals surface area (Å²) in [5.41, 5.74) is 1.32. The second-order valence-electron chi connectivity index (χ2n) is 5.04. The van der Waals surface area contributed by atoms with Crippen LogP contribution in [0.4, 0.5) is 43.9 Å². The molecule has 0 spiro atoms. The Morgan fingerprint density at radius 2 is 0.733 bits per heavy atom. The Hall–Kier alpha value is -2.55. The van der Waals surface area contributed by atoms with E-state index in [2.05, 4.69) is 19.1 Å². The summed E-state index contributed by atoms with van der Waals surface area (Å²) in [7, 11) is 0. The molecule has 0 aliphatic rings. The van der Waals surface area contributed by atoms with Crippen LogP contribution in [0.3, 0.4) is 0 Å². The van der Waals surface area contributed by atoms with Crippen molar-refractivity contribution in [2.24, 2.45) is 0 Å². The predicted octanol–water partition coefficient (Wildman–Crippen LogP) is 6.36. The number of hydrogen-bond donors (Lipinski definition) is 0. The topological polar surface area (TPSA) is 0 Å². The van der Waals surface area contributed by atoms with Gasteiger partial charge in [0.1, 0.15) is 0 Å². The molecule has 0 atom stereocenters. The van der Waals surface area contributed by atoms with Crippen molar-refractivity contribution in [2.75, 3.05) is 0 Å². The van der Waals surface area contributed by atoms with Gasteiger partial charge in [-0.05, 0) is 6.92 Å². The molecule has 3 aromatic rings. The molecule has 11 heteroatoms. The Bertz CT molecular complexity index is 863. The van der Waals surface area contributed by atoms with E-state index in [0.29, 0.717) is 0 Å². The van der Waals surface area contributed by atoms with Crippen LogP contribution in [0.25, 0.3) is 0 Å². The maximum absolute atomic E-state index is 12.0. The van der Waals surface area contributed by atoms with Crippen molar-refractivity contribution in [3.8, 4) is 0 Å². The van der Waals surface area contributed by atoms with E-state index in [1.54, 1.807) is 0 Å². The average molecular weight is 485 g/mol. The molecule has 0 heterocycles. The van der Waals surface area contributed by atoms with Crippen LogP contribution in [0, 0.1) is 77.2 Å². The fourth-order valence-corrected chi connectivity index (χ4v) is 1.52. The number of aryl methyl sites for hydroxylation is 1. The fourth-order valence-electron chi connectivity index (χ4n) is 1.52. The van der Waals surface area contributed by atoms with Gasteiger partial charge in [-0.3, -0.25) is 17.6 Å². The van der Waals surface area contributed by atoms with Crippen LogP contribution in [-0.4, -0.2) is 0 Å². The van der Waals surface area contributed by atoms with Gasteiger partial charge in [-0.15, -0.1) is 12.1 Å². The molecule has 0 aromatic heterocycles. The first-order valence-electron chi connectivity index (χ1n) is 7.30. The van der Waals surface area contributed by atoms with Gasteiger partial charge in [0.25, 0.3) is 0 Å². The van der Waals surface area contributed by atoms with E-state index < -0.39 is 58.2 Å². The smallest absolute Gasteiger partial charge is 0.278 e. The quantitative estimate of drug-likeness (QED) is 0.114. The minimum Gasteiger partial charge on any atom is -0.278 e. The van der Waals surface area contributed by atoms with Crippen molar-refractivity contribution in [3.63, 3.8) is 0 Å². The summed E-state index contributed by atoms with van der Waals surface area (Å²) in [6, 6.07) is 12.3. The molecule has 0 saturated heterocycles. The molecule has 0 saturated carbocycles. The largest absolute Gasteiger partial charge is 2.00 e. The first-order chi connectivity index (χ1) is 13.5. The molecule has 0 fully saturated rings. The summed E-state index contributed by atoms with van der Waals surface area (Å²) < 4.78 is 120. The van der Waals surface area contributed by atoms with Gasteiger partial charge < -0.3 is 0 Å². The monoisotopic (exact) mass is 484 g/mol. The van der Waals surface area contributed by atoms with E-state index in [0.717, 1.165) is 12.1 Å². The van der Waals surface area contributed by atoms with E-state index in [9.17, 15) is 43.9 Å². The first kappa shape index (κ1) is 27.5. The minimum absolute atomic E-state index is 0. The standard InChI is InChI=1S/C7H8.2C6F5.Ni/c1-7-5-3-2-4-6-7;2*7-2-1-3(8)5(10)6(11)4(2)9;/h2-6H,1H3;;;/q;2*-1;+2. The molecule has 3 rings (SSSR count).